The second-order valence-electron chi connectivity index (χ2n) is 5.98. The van der Waals surface area contributed by atoms with E-state index in [1.807, 2.05) is 0 Å². The Balaban J connectivity index is 0.000000300. The van der Waals surface area contributed by atoms with Crippen molar-refractivity contribution >= 4 is 23.3 Å². The number of hydrogen-bond acceptors (Lipinski definition) is 4. The molecule has 0 aliphatic carbocycles. The molecule has 2 aromatic carbocycles. The first-order valence-corrected chi connectivity index (χ1v) is 8.52. The van der Waals surface area contributed by atoms with E-state index in [2.05, 4.69) is 10.2 Å². The molecule has 6 nitrogen and oxygen atoms in total. The zero-order valence-electron chi connectivity index (χ0n) is 14.9. The maximum atomic E-state index is 13.1. The van der Waals surface area contributed by atoms with E-state index in [4.69, 9.17) is 10.2 Å². The molecule has 1 saturated heterocycles. The largest absolute Gasteiger partial charge is 0.478 e. The topological polar surface area (TPSA) is 89.9 Å². The lowest BCUT2D eigenvalue weighted by Crippen LogP contribution is -2.32. The van der Waals surface area contributed by atoms with Gasteiger partial charge in [0.15, 0.2) is 0 Å². The van der Waals surface area contributed by atoms with Gasteiger partial charge in [-0.25, -0.2) is 18.4 Å². The van der Waals surface area contributed by atoms with Crippen LogP contribution in [0.15, 0.2) is 60.7 Å². The third-order valence-corrected chi connectivity index (χ3v) is 3.98. The molecule has 1 atom stereocenters. The molecule has 28 heavy (non-hydrogen) atoms. The molecule has 148 valence electrons. The summed E-state index contributed by atoms with van der Waals surface area (Å²) in [6, 6.07) is 13.2. The maximum Gasteiger partial charge on any atom is 0.328 e. The van der Waals surface area contributed by atoms with Crippen LogP contribution < -0.4 is 10.2 Å². The van der Waals surface area contributed by atoms with E-state index < -0.39 is 11.9 Å². The number of nitrogens with one attached hydrogen (secondary N) is 1. The number of hydrogen-bond donors (Lipinski definition) is 3. The molecular weight excluding hydrogens is 370 g/mol. The van der Waals surface area contributed by atoms with E-state index >= 15 is 0 Å². The van der Waals surface area contributed by atoms with Gasteiger partial charge in [0.25, 0.3) is 0 Å². The number of benzene rings is 2. The third-order valence-electron chi connectivity index (χ3n) is 3.98. The van der Waals surface area contributed by atoms with Gasteiger partial charge in [0.2, 0.25) is 0 Å². The van der Waals surface area contributed by atoms with Crippen LogP contribution in [-0.2, 0) is 9.59 Å². The molecule has 0 aromatic heterocycles. The summed E-state index contributed by atoms with van der Waals surface area (Å²) in [5.41, 5.74) is 1.85. The van der Waals surface area contributed by atoms with E-state index in [-0.39, 0.29) is 11.6 Å². The lowest BCUT2D eigenvalue weighted by Gasteiger charge is -2.31. The van der Waals surface area contributed by atoms with Crippen LogP contribution in [0.4, 0.5) is 20.2 Å². The minimum Gasteiger partial charge on any atom is -0.478 e. The molecule has 0 spiro atoms. The Labute approximate surface area is 160 Å². The predicted octanol–water partition coefficient (Wildman–Crippen LogP) is 3.18. The highest BCUT2D eigenvalue weighted by atomic mass is 19.1. The molecule has 8 heteroatoms. The molecule has 1 fully saturated rings. The second-order valence-corrected chi connectivity index (χ2v) is 5.98. The standard InChI is InChI=1S/C16H16F2N2.C4H4O4/c17-12-1-5-14(6-2-12)20(16-9-10-19-11-16)15-7-3-13(18)4-8-15;5-3(6)1-2-4(7)8/h1-8,16,19H,9-11H2;1-2H,(H,5,6)(H,7,8)/b;2-1+/t16-;/m0./s1. The Morgan fingerprint density at radius 1 is 0.893 bits per heavy atom. The summed E-state index contributed by atoms with van der Waals surface area (Å²) < 4.78 is 26.2. The molecule has 0 unspecified atom stereocenters. The molecule has 3 N–H and O–H groups in total. The first-order chi connectivity index (χ1) is 13.4. The lowest BCUT2D eigenvalue weighted by molar-refractivity contribution is -0.134. The number of carbonyl (C=O) groups is 2. The van der Waals surface area contributed by atoms with E-state index in [0.717, 1.165) is 30.9 Å². The summed E-state index contributed by atoms with van der Waals surface area (Å²) in [4.78, 5) is 21.2. The van der Waals surface area contributed by atoms with Crippen LogP contribution in [-0.4, -0.2) is 41.3 Å². The summed E-state index contributed by atoms with van der Waals surface area (Å²) in [5, 5.41) is 18.9. The number of nitrogens with zero attached hydrogens (tertiary/aromatic N) is 1. The number of carboxylic acid groups (broad SMARTS) is 2. The van der Waals surface area contributed by atoms with Gasteiger partial charge in [-0.15, -0.1) is 0 Å². The van der Waals surface area contributed by atoms with Crippen molar-refractivity contribution in [1.29, 1.82) is 0 Å². The van der Waals surface area contributed by atoms with Crippen molar-refractivity contribution in [2.24, 2.45) is 0 Å². The van der Waals surface area contributed by atoms with Gasteiger partial charge in [-0.05, 0) is 61.5 Å². The summed E-state index contributed by atoms with van der Waals surface area (Å²) in [5.74, 6) is -3.02. The smallest absolute Gasteiger partial charge is 0.328 e. The lowest BCUT2D eigenvalue weighted by atomic mass is 10.1. The summed E-state index contributed by atoms with van der Waals surface area (Å²) >= 11 is 0. The van der Waals surface area contributed by atoms with Crippen molar-refractivity contribution < 1.29 is 28.6 Å². The van der Waals surface area contributed by atoms with Crippen molar-refractivity contribution in [2.75, 3.05) is 18.0 Å². The van der Waals surface area contributed by atoms with Gasteiger partial charge >= 0.3 is 11.9 Å². The SMILES string of the molecule is Fc1ccc(N(c2ccc(F)cc2)[C@H]2CCNC2)cc1.O=C(O)/C=C/C(=O)O. The van der Waals surface area contributed by atoms with Gasteiger partial charge in [0, 0.05) is 36.1 Å². The Morgan fingerprint density at radius 2 is 1.32 bits per heavy atom. The normalized spacial score (nSPS) is 15.7. The summed E-state index contributed by atoms with van der Waals surface area (Å²) in [6.07, 6.45) is 2.12. The molecule has 0 saturated carbocycles. The molecule has 3 rings (SSSR count). The monoisotopic (exact) mass is 390 g/mol. The van der Waals surface area contributed by atoms with Crippen molar-refractivity contribution in [3.05, 3.63) is 72.3 Å². The quantitative estimate of drug-likeness (QED) is 0.680. The van der Waals surface area contributed by atoms with Crippen LogP contribution >= 0.6 is 0 Å². The van der Waals surface area contributed by atoms with E-state index in [1.54, 1.807) is 24.3 Å². The van der Waals surface area contributed by atoms with Crippen LogP contribution in [0.3, 0.4) is 0 Å². The van der Waals surface area contributed by atoms with Crippen molar-refractivity contribution in [1.82, 2.24) is 5.32 Å². The van der Waals surface area contributed by atoms with Gasteiger partial charge in [0.1, 0.15) is 11.6 Å². The molecule has 0 amide bonds. The number of anilines is 2. The Morgan fingerprint density at radius 3 is 1.64 bits per heavy atom. The average Bonchev–Trinajstić information content (AvgIpc) is 3.18. The van der Waals surface area contributed by atoms with Crippen molar-refractivity contribution in [3.63, 3.8) is 0 Å². The average molecular weight is 390 g/mol. The maximum absolute atomic E-state index is 13.1. The first-order valence-electron chi connectivity index (χ1n) is 8.52. The number of halogens is 2. The predicted molar refractivity (Wildman–Crippen MR) is 101 cm³/mol. The Bertz CT molecular complexity index is 756. The molecule has 1 aliphatic rings. The fourth-order valence-electron chi connectivity index (χ4n) is 2.78. The Kier molecular flexibility index (Phi) is 7.65. The number of rotatable bonds is 5. The van der Waals surface area contributed by atoms with E-state index in [1.165, 1.54) is 24.3 Å². The van der Waals surface area contributed by atoms with Gasteiger partial charge in [0.05, 0.1) is 0 Å². The van der Waals surface area contributed by atoms with Crippen LogP contribution in [0.2, 0.25) is 0 Å². The first kappa shape index (κ1) is 21.0. The van der Waals surface area contributed by atoms with Gasteiger partial charge in [-0.3, -0.25) is 0 Å². The zero-order valence-corrected chi connectivity index (χ0v) is 14.9. The molecular formula is C20H20F2N2O4. The third kappa shape index (κ3) is 6.48. The van der Waals surface area contributed by atoms with Crippen LogP contribution in [0.1, 0.15) is 6.42 Å². The van der Waals surface area contributed by atoms with Gasteiger partial charge in [-0.2, -0.15) is 0 Å². The van der Waals surface area contributed by atoms with Crippen LogP contribution in [0, 0.1) is 11.6 Å². The zero-order chi connectivity index (χ0) is 20.5. The highest BCUT2D eigenvalue weighted by molar-refractivity contribution is 5.89. The van der Waals surface area contributed by atoms with Crippen molar-refractivity contribution in [2.45, 2.75) is 12.5 Å². The fourth-order valence-corrected chi connectivity index (χ4v) is 2.78. The second kappa shape index (κ2) is 10.2. The Hall–Kier alpha value is -3.26. The number of aliphatic carboxylic acids is 2. The molecule has 0 bridgehead atoms. The fraction of sp³-hybridized carbons (Fsp3) is 0.200. The minimum absolute atomic E-state index is 0.252. The van der Waals surface area contributed by atoms with Gasteiger partial charge < -0.3 is 20.4 Å². The number of carboxylic acids is 2. The molecule has 1 heterocycles. The summed E-state index contributed by atoms with van der Waals surface area (Å²) in [6.45, 7) is 1.83. The van der Waals surface area contributed by atoms with Crippen LogP contribution in [0.25, 0.3) is 0 Å². The van der Waals surface area contributed by atoms with Crippen LogP contribution in [0.5, 0.6) is 0 Å². The molecule has 2 aromatic rings. The van der Waals surface area contributed by atoms with Gasteiger partial charge in [-0.1, -0.05) is 0 Å². The molecule has 1 aliphatic heterocycles. The van der Waals surface area contributed by atoms with E-state index in [9.17, 15) is 18.4 Å². The summed E-state index contributed by atoms with van der Waals surface area (Å²) in [7, 11) is 0. The molecule has 0 radical (unpaired) electrons. The minimum atomic E-state index is -1.26. The van der Waals surface area contributed by atoms with Crippen molar-refractivity contribution in [3.8, 4) is 0 Å². The highest BCUT2D eigenvalue weighted by Gasteiger charge is 2.24. The van der Waals surface area contributed by atoms with E-state index in [0.29, 0.717) is 18.2 Å². The highest BCUT2D eigenvalue weighted by Crippen LogP contribution is 2.30.